The van der Waals surface area contributed by atoms with E-state index in [0.29, 0.717) is 0 Å². The Morgan fingerprint density at radius 2 is 2.00 bits per heavy atom. The minimum atomic E-state index is -0.703. The predicted molar refractivity (Wildman–Crippen MR) is 82.1 cm³/mol. The summed E-state index contributed by atoms with van der Waals surface area (Å²) < 4.78 is 1.80. The van der Waals surface area contributed by atoms with E-state index in [1.54, 1.807) is 10.9 Å². The molecule has 1 unspecified atom stereocenters. The van der Waals surface area contributed by atoms with Crippen molar-refractivity contribution >= 4 is 30.7 Å². The second-order valence-electron chi connectivity index (χ2n) is 5.21. The van der Waals surface area contributed by atoms with E-state index < -0.39 is 5.54 Å². The number of aromatic nitrogens is 3. The maximum atomic E-state index is 12.2. The van der Waals surface area contributed by atoms with Gasteiger partial charge in [-0.3, -0.25) is 4.79 Å². The Hall–Kier alpha value is -0.850. The van der Waals surface area contributed by atoms with E-state index in [1.807, 2.05) is 14.0 Å². The van der Waals surface area contributed by atoms with Crippen molar-refractivity contribution in [1.29, 1.82) is 0 Å². The third-order valence-corrected chi connectivity index (χ3v) is 3.68. The largest absolute Gasteiger partial charge is 0.345 e. The first-order chi connectivity index (χ1) is 8.53. The lowest BCUT2D eigenvalue weighted by Crippen LogP contribution is -2.55. The molecule has 1 saturated carbocycles. The van der Waals surface area contributed by atoms with Crippen molar-refractivity contribution < 1.29 is 4.79 Å². The number of amides is 1. The van der Waals surface area contributed by atoms with Gasteiger partial charge in [0.05, 0.1) is 11.6 Å². The van der Waals surface area contributed by atoms with Gasteiger partial charge < -0.3 is 15.6 Å². The van der Waals surface area contributed by atoms with Crippen LogP contribution in [0.15, 0.2) is 6.33 Å². The van der Waals surface area contributed by atoms with E-state index >= 15 is 0 Å². The summed E-state index contributed by atoms with van der Waals surface area (Å²) in [6, 6.07) is -0.174. The monoisotopic (exact) mass is 323 g/mol. The first-order valence-electron chi connectivity index (χ1n) is 6.47. The summed E-state index contributed by atoms with van der Waals surface area (Å²) in [6.45, 7) is 1.90. The number of nitrogens with two attached hydrogens (primary N) is 1. The lowest BCUT2D eigenvalue weighted by Gasteiger charge is -2.32. The Kier molecular flexibility index (Phi) is 7.47. The molecule has 20 heavy (non-hydrogen) atoms. The van der Waals surface area contributed by atoms with Crippen molar-refractivity contribution in [1.82, 2.24) is 20.1 Å². The highest BCUT2D eigenvalue weighted by molar-refractivity contribution is 5.86. The lowest BCUT2D eigenvalue weighted by molar-refractivity contribution is -0.128. The number of nitrogens with one attached hydrogen (secondary N) is 1. The molecule has 1 aliphatic rings. The molecule has 6 nitrogen and oxygen atoms in total. The standard InChI is InChI=1S/C12H21N5O.2ClH/c1-9(10-16-14-8-17(10)2)15-11(18)12(13)6-4-3-5-7-12;;/h8-9H,3-7,13H2,1-2H3,(H,15,18);2*1H. The summed E-state index contributed by atoms with van der Waals surface area (Å²) in [7, 11) is 1.86. The Labute approximate surface area is 131 Å². The SMILES string of the molecule is CC(NC(=O)C1(N)CCCCC1)c1nncn1C.Cl.Cl. The number of nitrogens with zero attached hydrogens (tertiary/aromatic N) is 3. The second kappa shape index (κ2) is 7.81. The van der Waals surface area contributed by atoms with Crippen LogP contribution in [0, 0.1) is 0 Å². The van der Waals surface area contributed by atoms with E-state index in [9.17, 15) is 4.79 Å². The zero-order valence-corrected chi connectivity index (χ0v) is 13.5. The number of hydrogen-bond acceptors (Lipinski definition) is 4. The van der Waals surface area contributed by atoms with Crippen molar-refractivity contribution in [3.05, 3.63) is 12.2 Å². The van der Waals surface area contributed by atoms with Crippen molar-refractivity contribution in [2.75, 3.05) is 0 Å². The molecule has 8 heteroatoms. The van der Waals surface area contributed by atoms with E-state index in [2.05, 4.69) is 15.5 Å². The molecule has 0 bridgehead atoms. The predicted octanol–water partition coefficient (Wildman–Crippen LogP) is 1.50. The van der Waals surface area contributed by atoms with E-state index in [1.165, 1.54) is 6.42 Å². The van der Waals surface area contributed by atoms with Gasteiger partial charge in [-0.05, 0) is 19.8 Å². The van der Waals surface area contributed by atoms with Crippen LogP contribution in [0.3, 0.4) is 0 Å². The van der Waals surface area contributed by atoms with Crippen LogP contribution in [0.5, 0.6) is 0 Å². The number of carbonyl (C=O) groups is 1. The Balaban J connectivity index is 0.00000180. The molecule has 2 rings (SSSR count). The van der Waals surface area contributed by atoms with Gasteiger partial charge in [0, 0.05) is 7.05 Å². The number of carbonyl (C=O) groups excluding carboxylic acids is 1. The highest BCUT2D eigenvalue weighted by atomic mass is 35.5. The Morgan fingerprint density at radius 3 is 2.50 bits per heavy atom. The van der Waals surface area contributed by atoms with Gasteiger partial charge in [0.25, 0.3) is 0 Å². The molecule has 1 aromatic rings. The van der Waals surface area contributed by atoms with Crippen LogP contribution in [-0.4, -0.2) is 26.2 Å². The molecular weight excluding hydrogens is 301 g/mol. The minimum Gasteiger partial charge on any atom is -0.345 e. The smallest absolute Gasteiger partial charge is 0.240 e. The average Bonchev–Trinajstić information content (AvgIpc) is 2.76. The molecule has 1 amide bonds. The second-order valence-corrected chi connectivity index (χ2v) is 5.21. The van der Waals surface area contributed by atoms with Gasteiger partial charge in [0.1, 0.15) is 6.33 Å². The Bertz CT molecular complexity index is 431. The van der Waals surface area contributed by atoms with Crippen LogP contribution >= 0.6 is 24.8 Å². The topological polar surface area (TPSA) is 85.8 Å². The van der Waals surface area contributed by atoms with E-state index in [4.69, 9.17) is 5.73 Å². The zero-order valence-electron chi connectivity index (χ0n) is 11.8. The van der Waals surface area contributed by atoms with Crippen LogP contribution in [0.25, 0.3) is 0 Å². The summed E-state index contributed by atoms with van der Waals surface area (Å²) in [5.74, 6) is 0.667. The van der Waals surface area contributed by atoms with Crippen LogP contribution in [0.2, 0.25) is 0 Å². The molecule has 1 heterocycles. The molecular formula is C12H23Cl2N5O. The van der Waals surface area contributed by atoms with E-state index in [0.717, 1.165) is 31.5 Å². The van der Waals surface area contributed by atoms with Crippen LogP contribution in [0.4, 0.5) is 0 Å². The molecule has 116 valence electrons. The molecule has 0 spiro atoms. The molecule has 0 radical (unpaired) electrons. The highest BCUT2D eigenvalue weighted by Crippen LogP contribution is 2.26. The van der Waals surface area contributed by atoms with Crippen LogP contribution in [-0.2, 0) is 11.8 Å². The van der Waals surface area contributed by atoms with Gasteiger partial charge in [-0.2, -0.15) is 0 Å². The summed E-state index contributed by atoms with van der Waals surface area (Å²) in [5.41, 5.74) is 5.48. The van der Waals surface area contributed by atoms with Gasteiger partial charge in [-0.25, -0.2) is 0 Å². The molecule has 0 aromatic carbocycles. The molecule has 0 saturated heterocycles. The third-order valence-electron chi connectivity index (χ3n) is 3.68. The van der Waals surface area contributed by atoms with Gasteiger partial charge in [-0.1, -0.05) is 19.3 Å². The Morgan fingerprint density at radius 1 is 1.40 bits per heavy atom. The fourth-order valence-corrected chi connectivity index (χ4v) is 2.50. The maximum absolute atomic E-state index is 12.2. The molecule has 1 fully saturated rings. The van der Waals surface area contributed by atoms with Gasteiger partial charge in [0.2, 0.25) is 5.91 Å². The molecule has 0 aliphatic heterocycles. The fraction of sp³-hybridized carbons (Fsp3) is 0.750. The van der Waals surface area contributed by atoms with Crippen LogP contribution < -0.4 is 11.1 Å². The molecule has 1 aromatic heterocycles. The number of halogens is 2. The average molecular weight is 324 g/mol. The quantitative estimate of drug-likeness (QED) is 0.882. The van der Waals surface area contributed by atoms with Crippen molar-refractivity contribution in [3.8, 4) is 0 Å². The highest BCUT2D eigenvalue weighted by Gasteiger charge is 2.36. The fourth-order valence-electron chi connectivity index (χ4n) is 2.50. The van der Waals surface area contributed by atoms with Crippen LogP contribution in [0.1, 0.15) is 50.9 Å². The summed E-state index contributed by atoms with van der Waals surface area (Å²) >= 11 is 0. The summed E-state index contributed by atoms with van der Waals surface area (Å²) in [6.07, 6.45) is 6.39. The summed E-state index contributed by atoms with van der Waals surface area (Å²) in [5, 5.41) is 10.8. The number of rotatable bonds is 3. The van der Waals surface area contributed by atoms with E-state index in [-0.39, 0.29) is 36.8 Å². The van der Waals surface area contributed by atoms with Gasteiger partial charge in [-0.15, -0.1) is 35.0 Å². The first kappa shape index (κ1) is 19.1. The third kappa shape index (κ3) is 4.07. The van der Waals surface area contributed by atoms with Crippen molar-refractivity contribution in [2.24, 2.45) is 12.8 Å². The maximum Gasteiger partial charge on any atom is 0.240 e. The molecule has 1 aliphatic carbocycles. The summed E-state index contributed by atoms with van der Waals surface area (Å²) in [4.78, 5) is 12.2. The normalized spacial score (nSPS) is 18.4. The lowest BCUT2D eigenvalue weighted by atomic mass is 9.82. The molecule has 1 atom stereocenters. The number of aryl methyl sites for hydroxylation is 1. The van der Waals surface area contributed by atoms with Crippen molar-refractivity contribution in [3.63, 3.8) is 0 Å². The first-order valence-corrected chi connectivity index (χ1v) is 6.47. The van der Waals surface area contributed by atoms with Gasteiger partial charge in [0.15, 0.2) is 5.82 Å². The number of hydrogen-bond donors (Lipinski definition) is 2. The molecule has 3 N–H and O–H groups in total. The minimum absolute atomic E-state index is 0. The van der Waals surface area contributed by atoms with Crippen molar-refractivity contribution in [2.45, 2.75) is 50.6 Å². The van der Waals surface area contributed by atoms with Gasteiger partial charge >= 0.3 is 0 Å². The zero-order chi connectivity index (χ0) is 13.2.